The van der Waals surface area contributed by atoms with Crippen molar-refractivity contribution in [1.82, 2.24) is 9.80 Å². The maximum atomic E-state index is 13.6. The number of nitrogens with zero attached hydrogens (tertiary/aromatic N) is 2. The smallest absolute Gasteiger partial charge is 0.333 e. The Labute approximate surface area is 151 Å². The molecule has 0 saturated carbocycles. The zero-order valence-electron chi connectivity index (χ0n) is 14.1. The zero-order chi connectivity index (χ0) is 20.4. The molecule has 1 aromatic rings. The van der Waals surface area contributed by atoms with Crippen LogP contribution >= 0.6 is 0 Å². The molecule has 0 radical (unpaired) electrons. The summed E-state index contributed by atoms with van der Waals surface area (Å²) in [6.45, 7) is -0.838. The fraction of sp³-hybridized carbons (Fsp3) is 0.438. The lowest BCUT2D eigenvalue weighted by atomic mass is 10.0. The number of amides is 1. The summed E-state index contributed by atoms with van der Waals surface area (Å²) in [5.74, 6) is -3.98. The first kappa shape index (κ1) is 20.7. The molecule has 1 atom stereocenters. The number of hydrogen-bond acceptors (Lipinski definition) is 4. The molecule has 11 heteroatoms. The van der Waals surface area contributed by atoms with Gasteiger partial charge in [-0.15, -0.1) is 0 Å². The quantitative estimate of drug-likeness (QED) is 0.415. The van der Waals surface area contributed by atoms with Gasteiger partial charge < -0.3 is 15.5 Å². The van der Waals surface area contributed by atoms with Crippen LogP contribution in [0.3, 0.4) is 0 Å². The zero-order valence-corrected chi connectivity index (χ0v) is 14.1. The molecule has 1 fully saturated rings. The minimum absolute atomic E-state index is 0.0199. The summed E-state index contributed by atoms with van der Waals surface area (Å²) in [6, 6.07) is 2.07. The van der Waals surface area contributed by atoms with E-state index < -0.39 is 48.0 Å². The first-order chi connectivity index (χ1) is 12.5. The third kappa shape index (κ3) is 5.22. The number of amidine groups is 2. The van der Waals surface area contributed by atoms with E-state index in [9.17, 15) is 26.7 Å². The van der Waals surface area contributed by atoms with E-state index in [1.54, 1.807) is 0 Å². The molecule has 1 saturated heterocycles. The predicted molar refractivity (Wildman–Crippen MR) is 87.4 cm³/mol. The van der Waals surface area contributed by atoms with E-state index in [0.29, 0.717) is 4.90 Å². The lowest BCUT2D eigenvalue weighted by Gasteiger charge is -2.37. The van der Waals surface area contributed by atoms with Crippen molar-refractivity contribution in [3.8, 4) is 0 Å². The van der Waals surface area contributed by atoms with Crippen LogP contribution in [0.5, 0.6) is 0 Å². The number of nitrogens with one attached hydrogen (secondary N) is 2. The van der Waals surface area contributed by atoms with Crippen molar-refractivity contribution in [2.75, 3.05) is 19.6 Å². The SMILES string of the molecule is N=C1CN(C(=O)CC(N)Cc2cc(F)ccc2F)CCN1C(=N)C(F)(F)F. The molecular weight excluding hydrogens is 373 g/mol. The highest BCUT2D eigenvalue weighted by Crippen LogP contribution is 2.21. The van der Waals surface area contributed by atoms with Gasteiger partial charge in [0.2, 0.25) is 11.7 Å². The van der Waals surface area contributed by atoms with Crippen LogP contribution in [0.15, 0.2) is 18.2 Å². The van der Waals surface area contributed by atoms with Crippen LogP contribution in [-0.4, -0.2) is 59.2 Å². The Balaban J connectivity index is 1.92. The van der Waals surface area contributed by atoms with Crippen molar-refractivity contribution in [3.63, 3.8) is 0 Å². The second-order valence-electron chi connectivity index (χ2n) is 6.16. The summed E-state index contributed by atoms with van der Waals surface area (Å²) in [5.41, 5.74) is 5.84. The molecule has 0 aliphatic carbocycles. The van der Waals surface area contributed by atoms with Crippen molar-refractivity contribution in [3.05, 3.63) is 35.4 Å². The molecule has 0 aromatic heterocycles. The van der Waals surface area contributed by atoms with E-state index in [-0.39, 0.29) is 31.5 Å². The lowest BCUT2D eigenvalue weighted by molar-refractivity contribution is -0.131. The Morgan fingerprint density at radius 1 is 1.26 bits per heavy atom. The fourth-order valence-corrected chi connectivity index (χ4v) is 2.72. The number of benzene rings is 1. The van der Waals surface area contributed by atoms with Crippen LogP contribution in [0.25, 0.3) is 0 Å². The van der Waals surface area contributed by atoms with Gasteiger partial charge in [0, 0.05) is 25.6 Å². The maximum absolute atomic E-state index is 13.6. The van der Waals surface area contributed by atoms with Crippen LogP contribution < -0.4 is 5.73 Å². The molecule has 27 heavy (non-hydrogen) atoms. The van der Waals surface area contributed by atoms with Crippen LogP contribution in [0.1, 0.15) is 12.0 Å². The molecule has 1 aliphatic rings. The summed E-state index contributed by atoms with van der Waals surface area (Å²) in [5, 5.41) is 14.7. The van der Waals surface area contributed by atoms with Gasteiger partial charge in [0.05, 0.1) is 6.54 Å². The molecule has 1 amide bonds. The van der Waals surface area contributed by atoms with Gasteiger partial charge in [-0.05, 0) is 30.2 Å². The minimum Gasteiger partial charge on any atom is -0.333 e. The number of piperazine rings is 1. The van der Waals surface area contributed by atoms with Gasteiger partial charge >= 0.3 is 6.18 Å². The van der Waals surface area contributed by atoms with Crippen LogP contribution in [0, 0.1) is 22.5 Å². The Bertz CT molecular complexity index is 751. The minimum atomic E-state index is -4.88. The Kier molecular flexibility index (Phi) is 6.14. The van der Waals surface area contributed by atoms with Gasteiger partial charge in [0.15, 0.2) is 0 Å². The van der Waals surface area contributed by atoms with E-state index in [2.05, 4.69) is 0 Å². The molecule has 1 heterocycles. The second kappa shape index (κ2) is 7.99. The number of alkyl halides is 3. The van der Waals surface area contributed by atoms with Crippen molar-refractivity contribution in [1.29, 1.82) is 10.8 Å². The Hall–Kier alpha value is -2.56. The molecule has 148 valence electrons. The largest absolute Gasteiger partial charge is 0.449 e. The van der Waals surface area contributed by atoms with E-state index in [1.165, 1.54) is 0 Å². The fourth-order valence-electron chi connectivity index (χ4n) is 2.72. The lowest BCUT2D eigenvalue weighted by Crippen LogP contribution is -2.56. The van der Waals surface area contributed by atoms with Crippen LogP contribution in [-0.2, 0) is 11.2 Å². The van der Waals surface area contributed by atoms with Crippen LogP contribution in [0.4, 0.5) is 22.0 Å². The molecule has 1 aromatic carbocycles. The number of nitrogens with two attached hydrogens (primary N) is 1. The maximum Gasteiger partial charge on any atom is 0.449 e. The number of rotatable bonds is 4. The normalized spacial score (nSPS) is 16.4. The number of carbonyl (C=O) groups is 1. The van der Waals surface area contributed by atoms with Gasteiger partial charge in [-0.3, -0.25) is 15.6 Å². The number of halogens is 5. The summed E-state index contributed by atoms with van der Waals surface area (Å²) >= 11 is 0. The highest BCUT2D eigenvalue weighted by Gasteiger charge is 2.41. The highest BCUT2D eigenvalue weighted by atomic mass is 19.4. The molecule has 1 unspecified atom stereocenters. The number of hydrogen-bond donors (Lipinski definition) is 3. The standard InChI is InChI=1S/C16H18F5N5O/c17-10-1-2-12(18)9(5-10)6-11(22)7-14(27)25-3-4-26(13(23)8-25)15(24)16(19,20)21/h1-2,5,11,23-24H,3-4,6-8,22H2. The van der Waals surface area contributed by atoms with E-state index in [1.807, 2.05) is 0 Å². The summed E-state index contributed by atoms with van der Waals surface area (Å²) in [4.78, 5) is 13.9. The van der Waals surface area contributed by atoms with E-state index in [0.717, 1.165) is 23.1 Å². The first-order valence-electron chi connectivity index (χ1n) is 7.97. The summed E-state index contributed by atoms with van der Waals surface area (Å²) in [6.07, 6.45) is -5.21. The van der Waals surface area contributed by atoms with Crippen molar-refractivity contribution in [2.45, 2.75) is 25.1 Å². The van der Waals surface area contributed by atoms with Crippen molar-refractivity contribution < 1.29 is 26.7 Å². The molecule has 0 spiro atoms. The van der Waals surface area contributed by atoms with E-state index >= 15 is 0 Å². The third-order valence-corrected chi connectivity index (χ3v) is 4.08. The van der Waals surface area contributed by atoms with Crippen LogP contribution in [0.2, 0.25) is 0 Å². The van der Waals surface area contributed by atoms with Crippen molar-refractivity contribution >= 4 is 17.6 Å². The van der Waals surface area contributed by atoms with E-state index in [4.69, 9.17) is 16.6 Å². The van der Waals surface area contributed by atoms with Crippen molar-refractivity contribution in [2.24, 2.45) is 5.73 Å². The summed E-state index contributed by atoms with van der Waals surface area (Å²) in [7, 11) is 0. The topological polar surface area (TPSA) is 97.3 Å². The Morgan fingerprint density at radius 3 is 2.52 bits per heavy atom. The number of carbonyl (C=O) groups excluding carboxylic acids is 1. The third-order valence-electron chi connectivity index (χ3n) is 4.08. The summed E-state index contributed by atoms with van der Waals surface area (Å²) < 4.78 is 64.6. The first-order valence-corrected chi connectivity index (χ1v) is 7.97. The second-order valence-corrected chi connectivity index (χ2v) is 6.16. The van der Waals surface area contributed by atoms with Gasteiger partial charge in [0.25, 0.3) is 0 Å². The molecule has 1 aliphatic heterocycles. The molecule has 4 N–H and O–H groups in total. The highest BCUT2D eigenvalue weighted by molar-refractivity contribution is 6.02. The molecular formula is C16H18F5N5O. The molecule has 2 rings (SSSR count). The predicted octanol–water partition coefficient (Wildman–Crippen LogP) is 1.89. The van der Waals surface area contributed by atoms with Gasteiger partial charge in [-0.2, -0.15) is 13.2 Å². The van der Waals surface area contributed by atoms with Gasteiger partial charge in [0.1, 0.15) is 17.5 Å². The monoisotopic (exact) mass is 391 g/mol. The van der Waals surface area contributed by atoms with Gasteiger partial charge in [-0.1, -0.05) is 0 Å². The molecule has 0 bridgehead atoms. The Morgan fingerprint density at radius 2 is 1.93 bits per heavy atom. The molecule has 6 nitrogen and oxygen atoms in total. The average molecular weight is 391 g/mol. The average Bonchev–Trinajstić information content (AvgIpc) is 2.56. The van der Waals surface area contributed by atoms with Gasteiger partial charge in [-0.25, -0.2) is 8.78 Å².